The van der Waals surface area contributed by atoms with Gasteiger partial charge >= 0.3 is 30.1 Å². The molecule has 0 saturated carbocycles. The second kappa shape index (κ2) is 15.8. The first-order valence-corrected chi connectivity index (χ1v) is 14.2. The first-order chi connectivity index (χ1) is 21.9. The number of benzene rings is 2. The number of rotatable bonds is 11. The number of nitrogen functional groups attached to an aromatic ring is 1. The Kier molecular flexibility index (Phi) is 12.7. The van der Waals surface area contributed by atoms with Crippen LogP contribution >= 0.6 is 11.3 Å². The lowest BCUT2D eigenvalue weighted by Crippen LogP contribution is -2.37. The molecular formula is C30H29F4N3O9S. The number of amides is 1. The van der Waals surface area contributed by atoms with Gasteiger partial charge in [-0.25, -0.2) is 23.6 Å². The summed E-state index contributed by atoms with van der Waals surface area (Å²) in [5.41, 5.74) is 4.49. The fraction of sp³-hybridized carbons (Fsp3) is 0.267. The summed E-state index contributed by atoms with van der Waals surface area (Å²) in [6, 6.07) is 10.5. The van der Waals surface area contributed by atoms with Crippen LogP contribution in [0.1, 0.15) is 67.5 Å². The van der Waals surface area contributed by atoms with Crippen LogP contribution in [0.25, 0.3) is 0 Å². The van der Waals surface area contributed by atoms with E-state index in [1.807, 2.05) is 13.8 Å². The number of aromatic carboxylic acids is 1. The summed E-state index contributed by atoms with van der Waals surface area (Å²) in [5.74, 6) is -7.42. The number of thiophene rings is 1. The molecule has 3 rings (SSSR count). The minimum Gasteiger partial charge on any atom is -0.478 e. The molecular weight excluding hydrogens is 654 g/mol. The van der Waals surface area contributed by atoms with Gasteiger partial charge in [-0.2, -0.15) is 13.2 Å². The van der Waals surface area contributed by atoms with Crippen LogP contribution in [-0.2, 0) is 20.7 Å². The Morgan fingerprint density at radius 1 is 0.915 bits per heavy atom. The molecule has 1 heterocycles. The van der Waals surface area contributed by atoms with Gasteiger partial charge in [-0.1, -0.05) is 13.8 Å². The lowest BCUT2D eigenvalue weighted by molar-refractivity contribution is -0.192. The number of hydrogen-bond acceptors (Lipinski definition) is 9. The van der Waals surface area contributed by atoms with Gasteiger partial charge in [0, 0.05) is 16.1 Å². The molecule has 0 aliphatic heterocycles. The second-order valence-corrected chi connectivity index (χ2v) is 10.9. The van der Waals surface area contributed by atoms with Crippen LogP contribution in [0, 0.1) is 16.6 Å². The molecule has 0 fully saturated rings. The third-order valence-corrected chi connectivity index (χ3v) is 7.82. The number of carbonyl (C=O) groups is 5. The average molecular weight is 684 g/mol. The fourth-order valence-corrected chi connectivity index (χ4v) is 5.07. The molecule has 1 amide bonds. The molecule has 0 unspecified atom stereocenters. The van der Waals surface area contributed by atoms with E-state index >= 15 is 0 Å². The highest BCUT2D eigenvalue weighted by atomic mass is 32.1. The van der Waals surface area contributed by atoms with Crippen LogP contribution in [0.15, 0.2) is 48.5 Å². The zero-order chi connectivity index (χ0) is 35.7. The molecule has 0 aliphatic carbocycles. The van der Waals surface area contributed by atoms with Crippen molar-refractivity contribution in [3.05, 3.63) is 80.8 Å². The first kappa shape index (κ1) is 37.9. The molecule has 252 valence electrons. The Balaban J connectivity index is 0.000000984. The molecule has 0 bridgehead atoms. The number of hydrogen-bond donors (Lipinski definition) is 5. The molecule has 3 aromatic rings. The number of carboxylic acid groups (broad SMARTS) is 2. The Bertz CT molecular complexity index is 1680. The molecule has 0 radical (unpaired) electrons. The van der Waals surface area contributed by atoms with Gasteiger partial charge in [-0.05, 0) is 67.8 Å². The third kappa shape index (κ3) is 10.1. The summed E-state index contributed by atoms with van der Waals surface area (Å²) >= 11 is 1.10. The number of nitrogens with two attached hydrogens (primary N) is 1. The fourth-order valence-electron chi connectivity index (χ4n) is 4.04. The number of aliphatic carboxylic acids is 1. The van der Waals surface area contributed by atoms with E-state index in [1.165, 1.54) is 37.4 Å². The Hall–Kier alpha value is -5.32. The van der Waals surface area contributed by atoms with Crippen molar-refractivity contribution < 1.29 is 61.2 Å². The zero-order valence-corrected chi connectivity index (χ0v) is 25.8. The predicted octanol–water partition coefficient (Wildman–Crippen LogP) is 5.50. The topological polar surface area (TPSA) is 206 Å². The van der Waals surface area contributed by atoms with Gasteiger partial charge in [0.2, 0.25) is 5.91 Å². The number of carboxylic acids is 2. The Morgan fingerprint density at radius 3 is 2.00 bits per heavy atom. The first-order valence-electron chi connectivity index (χ1n) is 13.4. The SMILES string of the molecule is CCC(CC)(Cc1ccc(C(=O)Oc2ccc(C(=N)N)cc2F)s1)C(=O)Nc1cc(C(=O)O)cc(C(=O)OC)c1.O=C(O)C(F)(F)F. The van der Waals surface area contributed by atoms with E-state index in [2.05, 4.69) is 10.1 Å². The van der Waals surface area contributed by atoms with Crippen LogP contribution in [0.3, 0.4) is 0 Å². The second-order valence-electron chi connectivity index (χ2n) is 9.73. The van der Waals surface area contributed by atoms with E-state index in [0.29, 0.717) is 17.7 Å². The zero-order valence-electron chi connectivity index (χ0n) is 25.0. The van der Waals surface area contributed by atoms with E-state index in [4.69, 9.17) is 25.8 Å². The lowest BCUT2D eigenvalue weighted by Gasteiger charge is -2.30. The minimum atomic E-state index is -5.08. The molecule has 2 aromatic carbocycles. The molecule has 0 saturated heterocycles. The number of esters is 2. The van der Waals surface area contributed by atoms with Crippen LogP contribution in [0.5, 0.6) is 5.75 Å². The number of anilines is 1. The number of methoxy groups -OCH3 is 1. The van der Waals surface area contributed by atoms with Crippen molar-refractivity contribution >= 4 is 52.6 Å². The van der Waals surface area contributed by atoms with Gasteiger partial charge < -0.3 is 30.7 Å². The summed E-state index contributed by atoms with van der Waals surface area (Å²) < 4.78 is 55.9. The number of alkyl halides is 3. The van der Waals surface area contributed by atoms with E-state index in [9.17, 15) is 41.8 Å². The summed E-state index contributed by atoms with van der Waals surface area (Å²) in [7, 11) is 1.17. The average Bonchev–Trinajstić information content (AvgIpc) is 3.48. The highest BCUT2D eigenvalue weighted by Crippen LogP contribution is 2.35. The Labute approximate surface area is 268 Å². The van der Waals surface area contributed by atoms with Crippen LogP contribution in [0.4, 0.5) is 23.2 Å². The van der Waals surface area contributed by atoms with Crippen molar-refractivity contribution in [2.75, 3.05) is 12.4 Å². The van der Waals surface area contributed by atoms with E-state index in [1.54, 1.807) is 6.07 Å². The summed E-state index contributed by atoms with van der Waals surface area (Å²) in [6.07, 6.45) is -3.99. The molecule has 0 aliphatic rings. The van der Waals surface area contributed by atoms with E-state index < -0.39 is 41.3 Å². The molecule has 0 atom stereocenters. The molecule has 1 aromatic heterocycles. The highest BCUT2D eigenvalue weighted by molar-refractivity contribution is 7.14. The van der Waals surface area contributed by atoms with Gasteiger partial charge in [-0.15, -0.1) is 11.3 Å². The van der Waals surface area contributed by atoms with Crippen molar-refractivity contribution in [2.24, 2.45) is 11.1 Å². The number of nitrogens with one attached hydrogen (secondary N) is 2. The van der Waals surface area contributed by atoms with Gasteiger partial charge in [0.25, 0.3) is 0 Å². The minimum absolute atomic E-state index is 0.0231. The molecule has 12 nitrogen and oxygen atoms in total. The standard InChI is InChI=1S/C28H28FN3O7S.C2HF3O2/c1-4-28(5-2,27(37)32-18-11-16(24(33)34)10-17(12-18)25(35)38-3)14-19-7-9-22(40-19)26(36)39-21-8-6-15(23(30)31)13-20(21)29;3-2(4,5)1(6)7/h6-13H,4-5,14H2,1-3H3,(H3,30,31)(H,32,37)(H,33,34);(H,6,7). The van der Waals surface area contributed by atoms with Gasteiger partial charge in [-0.3, -0.25) is 10.2 Å². The molecule has 47 heavy (non-hydrogen) atoms. The van der Waals surface area contributed by atoms with Crippen molar-refractivity contribution in [1.82, 2.24) is 0 Å². The number of halogens is 4. The monoisotopic (exact) mass is 683 g/mol. The van der Waals surface area contributed by atoms with E-state index in [0.717, 1.165) is 23.5 Å². The normalized spacial score (nSPS) is 11.0. The van der Waals surface area contributed by atoms with Crippen molar-refractivity contribution in [3.63, 3.8) is 0 Å². The summed E-state index contributed by atoms with van der Waals surface area (Å²) in [4.78, 5) is 59.5. The maximum Gasteiger partial charge on any atom is 0.490 e. The summed E-state index contributed by atoms with van der Waals surface area (Å²) in [6.45, 7) is 3.68. The number of carbonyl (C=O) groups excluding carboxylic acids is 3. The van der Waals surface area contributed by atoms with Gasteiger partial charge in [0.15, 0.2) is 11.6 Å². The molecule has 17 heteroatoms. The highest BCUT2D eigenvalue weighted by Gasteiger charge is 2.38. The third-order valence-electron chi connectivity index (χ3n) is 6.76. The smallest absolute Gasteiger partial charge is 0.478 e. The Morgan fingerprint density at radius 2 is 1.51 bits per heavy atom. The largest absolute Gasteiger partial charge is 0.490 e. The van der Waals surface area contributed by atoms with E-state index in [-0.39, 0.29) is 51.2 Å². The lowest BCUT2D eigenvalue weighted by atomic mass is 9.77. The maximum absolute atomic E-state index is 14.3. The number of ether oxygens (including phenoxy) is 2. The van der Waals surface area contributed by atoms with Crippen LogP contribution < -0.4 is 15.8 Å². The predicted molar refractivity (Wildman–Crippen MR) is 160 cm³/mol. The van der Waals surface area contributed by atoms with Crippen LogP contribution in [-0.4, -0.2) is 59.1 Å². The van der Waals surface area contributed by atoms with Crippen molar-refractivity contribution in [3.8, 4) is 5.75 Å². The maximum atomic E-state index is 14.3. The summed E-state index contributed by atoms with van der Waals surface area (Å²) in [5, 5.41) is 26.7. The number of amidine groups is 1. The molecule has 6 N–H and O–H groups in total. The van der Waals surface area contributed by atoms with Gasteiger partial charge in [0.05, 0.1) is 23.7 Å². The quantitative estimate of drug-likeness (QED) is 0.0564. The van der Waals surface area contributed by atoms with Gasteiger partial charge in [0.1, 0.15) is 10.7 Å². The van der Waals surface area contributed by atoms with Crippen LogP contribution in [0.2, 0.25) is 0 Å². The van der Waals surface area contributed by atoms with Crippen molar-refractivity contribution in [2.45, 2.75) is 39.3 Å². The molecule has 0 spiro atoms. The van der Waals surface area contributed by atoms with Crippen molar-refractivity contribution in [1.29, 1.82) is 5.41 Å².